The minimum Gasteiger partial charge on any atom is -0.314 e. The highest BCUT2D eigenvalue weighted by Gasteiger charge is 2.36. The van der Waals surface area contributed by atoms with E-state index >= 15 is 0 Å². The largest absolute Gasteiger partial charge is 0.314 e. The van der Waals surface area contributed by atoms with E-state index in [2.05, 4.69) is 38.4 Å². The topological polar surface area (TPSA) is 12.0 Å². The minimum absolute atomic E-state index is 0.421. The molecule has 1 heteroatoms. The first-order valence-electron chi connectivity index (χ1n) is 9.45. The fraction of sp³-hybridized carbons (Fsp3) is 0.900. The molecular weight excluding hydrogens is 254 g/mol. The van der Waals surface area contributed by atoms with E-state index in [9.17, 15) is 0 Å². The Morgan fingerprint density at radius 1 is 1.10 bits per heavy atom. The summed E-state index contributed by atoms with van der Waals surface area (Å²) >= 11 is 0. The zero-order valence-corrected chi connectivity index (χ0v) is 14.7. The quantitative estimate of drug-likeness (QED) is 0.553. The normalized spacial score (nSPS) is 25.7. The second-order valence-corrected chi connectivity index (χ2v) is 8.14. The van der Waals surface area contributed by atoms with Gasteiger partial charge in [-0.15, -0.1) is 0 Å². The Morgan fingerprint density at radius 3 is 2.33 bits per heavy atom. The van der Waals surface area contributed by atoms with Crippen LogP contribution in [0.15, 0.2) is 12.2 Å². The molecule has 1 atom stereocenters. The van der Waals surface area contributed by atoms with Crippen LogP contribution in [-0.2, 0) is 0 Å². The van der Waals surface area contributed by atoms with E-state index in [-0.39, 0.29) is 0 Å². The lowest BCUT2D eigenvalue weighted by molar-refractivity contribution is 0.138. The van der Waals surface area contributed by atoms with Crippen molar-refractivity contribution in [1.29, 1.82) is 0 Å². The zero-order chi connectivity index (χ0) is 15.2. The maximum atomic E-state index is 3.71. The molecular formula is C20H37N. The van der Waals surface area contributed by atoms with Crippen molar-refractivity contribution in [3.05, 3.63) is 12.2 Å². The average molecular weight is 292 g/mol. The third-order valence-corrected chi connectivity index (χ3v) is 6.43. The fourth-order valence-corrected chi connectivity index (χ4v) is 4.29. The van der Waals surface area contributed by atoms with E-state index in [0.29, 0.717) is 11.0 Å². The van der Waals surface area contributed by atoms with Gasteiger partial charge in [-0.1, -0.05) is 70.9 Å². The van der Waals surface area contributed by atoms with Gasteiger partial charge in [0.05, 0.1) is 0 Å². The number of hydrogen-bond donors (Lipinski definition) is 1. The Labute approximate surface area is 133 Å². The summed E-state index contributed by atoms with van der Waals surface area (Å²) in [6.45, 7) is 4.89. The molecule has 0 aromatic heterocycles. The Morgan fingerprint density at radius 2 is 1.81 bits per heavy atom. The van der Waals surface area contributed by atoms with Crippen molar-refractivity contribution in [3.8, 4) is 0 Å². The molecule has 0 unspecified atom stereocenters. The van der Waals surface area contributed by atoms with Crippen LogP contribution in [0.25, 0.3) is 0 Å². The molecule has 0 aromatic rings. The molecule has 0 amide bonds. The molecule has 122 valence electrons. The fourth-order valence-electron chi connectivity index (χ4n) is 4.29. The lowest BCUT2D eigenvalue weighted by Gasteiger charge is -2.44. The van der Waals surface area contributed by atoms with E-state index in [0.717, 1.165) is 5.92 Å². The van der Waals surface area contributed by atoms with Gasteiger partial charge in [0.1, 0.15) is 0 Å². The van der Waals surface area contributed by atoms with Crippen LogP contribution in [0.4, 0.5) is 0 Å². The first-order valence-corrected chi connectivity index (χ1v) is 9.45. The van der Waals surface area contributed by atoms with Gasteiger partial charge in [-0.25, -0.2) is 0 Å². The van der Waals surface area contributed by atoms with Crippen LogP contribution < -0.4 is 5.32 Å². The van der Waals surface area contributed by atoms with Gasteiger partial charge in [0, 0.05) is 5.54 Å². The van der Waals surface area contributed by atoms with Gasteiger partial charge in [-0.05, 0) is 50.5 Å². The van der Waals surface area contributed by atoms with Gasteiger partial charge < -0.3 is 5.32 Å². The minimum atomic E-state index is 0.421. The second kappa shape index (κ2) is 7.81. The average Bonchev–Trinajstić information content (AvgIpc) is 2.46. The summed E-state index contributed by atoms with van der Waals surface area (Å²) in [5.41, 5.74) is 0.890. The number of rotatable bonds is 8. The van der Waals surface area contributed by atoms with Crippen LogP contribution in [0, 0.1) is 11.3 Å². The van der Waals surface area contributed by atoms with Gasteiger partial charge >= 0.3 is 0 Å². The van der Waals surface area contributed by atoms with Gasteiger partial charge in [0.15, 0.2) is 0 Å². The molecule has 2 aliphatic rings. The lowest BCUT2D eigenvalue weighted by atomic mass is 9.68. The Kier molecular flexibility index (Phi) is 6.34. The van der Waals surface area contributed by atoms with Crippen LogP contribution in [0.2, 0.25) is 0 Å². The van der Waals surface area contributed by atoms with Crippen molar-refractivity contribution in [2.24, 2.45) is 11.3 Å². The Hall–Kier alpha value is -0.300. The summed E-state index contributed by atoms with van der Waals surface area (Å²) < 4.78 is 0. The zero-order valence-electron chi connectivity index (χ0n) is 14.7. The predicted molar refractivity (Wildman–Crippen MR) is 93.6 cm³/mol. The van der Waals surface area contributed by atoms with Gasteiger partial charge in [0.25, 0.3) is 0 Å². The monoisotopic (exact) mass is 291 g/mol. The van der Waals surface area contributed by atoms with Crippen molar-refractivity contribution in [1.82, 2.24) is 5.32 Å². The maximum absolute atomic E-state index is 3.71. The Bertz CT molecular complexity index is 323. The summed E-state index contributed by atoms with van der Waals surface area (Å²) in [6, 6.07) is 0. The lowest BCUT2D eigenvalue weighted by Crippen LogP contribution is -2.48. The maximum Gasteiger partial charge on any atom is 0.0183 e. The van der Waals surface area contributed by atoms with Crippen molar-refractivity contribution < 1.29 is 0 Å². The van der Waals surface area contributed by atoms with Gasteiger partial charge in [-0.3, -0.25) is 0 Å². The van der Waals surface area contributed by atoms with E-state index < -0.39 is 0 Å². The molecule has 0 aliphatic heterocycles. The Balaban J connectivity index is 1.85. The second-order valence-electron chi connectivity index (χ2n) is 8.14. The molecule has 1 N–H and O–H groups in total. The third kappa shape index (κ3) is 4.84. The molecule has 0 bridgehead atoms. The van der Waals surface area contributed by atoms with Crippen LogP contribution >= 0.6 is 0 Å². The van der Waals surface area contributed by atoms with Crippen molar-refractivity contribution >= 4 is 0 Å². The number of hydrogen-bond acceptors (Lipinski definition) is 1. The first-order chi connectivity index (χ1) is 10.1. The summed E-state index contributed by atoms with van der Waals surface area (Å²) in [5, 5.41) is 3.71. The molecule has 1 nitrogen and oxygen atoms in total. The van der Waals surface area contributed by atoms with Gasteiger partial charge in [0.2, 0.25) is 0 Å². The van der Waals surface area contributed by atoms with Gasteiger partial charge in [-0.2, -0.15) is 0 Å². The van der Waals surface area contributed by atoms with Crippen molar-refractivity contribution in [2.45, 2.75) is 96.4 Å². The van der Waals surface area contributed by atoms with Crippen molar-refractivity contribution in [2.75, 3.05) is 7.05 Å². The van der Waals surface area contributed by atoms with Crippen LogP contribution in [-0.4, -0.2) is 12.6 Å². The summed E-state index contributed by atoms with van der Waals surface area (Å²) in [6.07, 6.45) is 21.6. The van der Waals surface area contributed by atoms with E-state index in [1.807, 2.05) is 0 Å². The first kappa shape index (κ1) is 17.1. The standard InChI is InChI=1S/C20H37N/c1-4-19(2,14-9-6-11-18-12-10-13-18)17-20(21-3)15-7-5-8-16-20/h6,9,18,21H,4-5,7-8,10-17H2,1-3H3/b9-6-/t19-/m1/s1. The summed E-state index contributed by atoms with van der Waals surface area (Å²) in [7, 11) is 2.19. The molecule has 0 spiro atoms. The molecule has 2 aliphatic carbocycles. The number of allylic oxidation sites excluding steroid dienone is 2. The summed E-state index contributed by atoms with van der Waals surface area (Å²) in [4.78, 5) is 0. The van der Waals surface area contributed by atoms with E-state index in [1.165, 1.54) is 77.0 Å². The summed E-state index contributed by atoms with van der Waals surface area (Å²) in [5.74, 6) is 1.01. The highest BCUT2D eigenvalue weighted by molar-refractivity contribution is 4.98. The molecule has 21 heavy (non-hydrogen) atoms. The van der Waals surface area contributed by atoms with E-state index in [4.69, 9.17) is 0 Å². The molecule has 0 aromatic carbocycles. The van der Waals surface area contributed by atoms with Crippen LogP contribution in [0.1, 0.15) is 90.9 Å². The van der Waals surface area contributed by atoms with Crippen LogP contribution in [0.5, 0.6) is 0 Å². The van der Waals surface area contributed by atoms with Crippen LogP contribution in [0.3, 0.4) is 0 Å². The SMILES string of the molecule is CC[C@](C)(C/C=C\CC1CCC1)CC1(NC)CCCCC1. The molecule has 2 rings (SSSR count). The highest BCUT2D eigenvalue weighted by Crippen LogP contribution is 2.42. The molecule has 0 saturated heterocycles. The number of nitrogens with one attached hydrogen (secondary N) is 1. The highest BCUT2D eigenvalue weighted by atomic mass is 14.9. The van der Waals surface area contributed by atoms with E-state index in [1.54, 1.807) is 0 Å². The molecule has 0 heterocycles. The molecule has 2 saturated carbocycles. The molecule has 2 fully saturated rings. The molecule has 0 radical (unpaired) electrons. The predicted octanol–water partition coefficient (Wildman–Crippen LogP) is 5.85. The van der Waals surface area contributed by atoms with Crippen molar-refractivity contribution in [3.63, 3.8) is 0 Å². The third-order valence-electron chi connectivity index (χ3n) is 6.43. The smallest absolute Gasteiger partial charge is 0.0183 e.